The van der Waals surface area contributed by atoms with Crippen LogP contribution < -0.4 is 0 Å². The number of aliphatic hydroxyl groups is 2. The molecule has 2 N–H and O–H groups in total. The van der Waals surface area contributed by atoms with Gasteiger partial charge in [0.1, 0.15) is 0 Å². The van der Waals surface area contributed by atoms with Crippen molar-refractivity contribution in [2.75, 3.05) is 6.61 Å². The van der Waals surface area contributed by atoms with E-state index in [9.17, 15) is 10.2 Å². The van der Waals surface area contributed by atoms with Crippen LogP contribution in [-0.4, -0.2) is 22.4 Å². The van der Waals surface area contributed by atoms with E-state index in [0.29, 0.717) is 0 Å². The second kappa shape index (κ2) is 19.7. The maximum absolute atomic E-state index is 10.6. The fourth-order valence-electron chi connectivity index (χ4n) is 3.81. The van der Waals surface area contributed by atoms with Gasteiger partial charge in [-0.05, 0) is 12.8 Å². The Balaban J connectivity index is 3.48. The molecule has 0 saturated heterocycles. The van der Waals surface area contributed by atoms with Gasteiger partial charge in [0, 0.05) is 0 Å². The molecule has 0 spiro atoms. The first-order valence-electron chi connectivity index (χ1n) is 12.0. The lowest BCUT2D eigenvalue weighted by Crippen LogP contribution is -2.33. The minimum Gasteiger partial charge on any atom is -0.393 e. The minimum atomic E-state index is -0.817. The summed E-state index contributed by atoms with van der Waals surface area (Å²) in [6.07, 6.45) is 25.0. The van der Waals surface area contributed by atoms with E-state index in [2.05, 4.69) is 13.8 Å². The summed E-state index contributed by atoms with van der Waals surface area (Å²) < 4.78 is 0. The molecule has 0 heterocycles. The fourth-order valence-corrected chi connectivity index (χ4v) is 3.81. The van der Waals surface area contributed by atoms with Crippen LogP contribution in [0.25, 0.3) is 0 Å². The van der Waals surface area contributed by atoms with E-state index in [1.54, 1.807) is 0 Å². The number of unbranched alkanes of at least 4 members (excludes halogenated alkanes) is 16. The molecule has 2 nitrogen and oxygen atoms in total. The van der Waals surface area contributed by atoms with Gasteiger partial charge in [0.15, 0.2) is 0 Å². The van der Waals surface area contributed by atoms with Crippen molar-refractivity contribution in [3.63, 3.8) is 0 Å². The molecule has 0 aliphatic heterocycles. The molecular weight excluding hydrogens is 320 g/mol. The summed E-state index contributed by atoms with van der Waals surface area (Å²) in [6, 6.07) is 0. The van der Waals surface area contributed by atoms with Crippen molar-refractivity contribution in [2.45, 2.75) is 148 Å². The average molecular weight is 371 g/mol. The number of hydrogen-bond donors (Lipinski definition) is 2. The van der Waals surface area contributed by atoms with Gasteiger partial charge in [0.25, 0.3) is 0 Å². The number of aliphatic hydroxyl groups excluding tert-OH is 1. The zero-order valence-electron chi connectivity index (χ0n) is 18.2. The normalized spacial score (nSPS) is 13.8. The first kappa shape index (κ1) is 25.9. The van der Waals surface area contributed by atoms with Gasteiger partial charge in [-0.1, -0.05) is 129 Å². The second-order valence-electron chi connectivity index (χ2n) is 8.54. The standard InChI is InChI=1S/C24H50O2/c1-3-5-7-9-11-13-14-16-18-20-22-24(26,23-25)21-19-17-15-12-10-8-6-4-2/h25-26H,3-23H2,1-2H3. The summed E-state index contributed by atoms with van der Waals surface area (Å²) >= 11 is 0. The van der Waals surface area contributed by atoms with Crippen LogP contribution in [0.3, 0.4) is 0 Å². The Bertz CT molecular complexity index is 267. The Hall–Kier alpha value is -0.0800. The van der Waals surface area contributed by atoms with Gasteiger partial charge < -0.3 is 10.2 Å². The molecule has 0 aliphatic rings. The van der Waals surface area contributed by atoms with Crippen molar-refractivity contribution in [2.24, 2.45) is 0 Å². The van der Waals surface area contributed by atoms with Gasteiger partial charge in [0.2, 0.25) is 0 Å². The SMILES string of the molecule is CCCCCCCCCCCCC(O)(CO)CCCCCCCCCC. The highest BCUT2D eigenvalue weighted by Gasteiger charge is 2.24. The second-order valence-corrected chi connectivity index (χ2v) is 8.54. The van der Waals surface area contributed by atoms with Crippen molar-refractivity contribution in [3.05, 3.63) is 0 Å². The first-order chi connectivity index (χ1) is 12.7. The molecule has 26 heavy (non-hydrogen) atoms. The maximum Gasteiger partial charge on any atom is 0.0877 e. The Morgan fingerprint density at radius 1 is 0.462 bits per heavy atom. The van der Waals surface area contributed by atoms with Crippen molar-refractivity contribution >= 4 is 0 Å². The molecule has 2 heteroatoms. The molecule has 158 valence electrons. The van der Waals surface area contributed by atoms with Crippen LogP contribution in [0, 0.1) is 0 Å². The molecule has 1 atom stereocenters. The largest absolute Gasteiger partial charge is 0.393 e. The van der Waals surface area contributed by atoms with Crippen LogP contribution in [-0.2, 0) is 0 Å². The molecule has 0 saturated carbocycles. The minimum absolute atomic E-state index is 0.0685. The molecule has 0 fully saturated rings. The van der Waals surface area contributed by atoms with E-state index in [1.807, 2.05) is 0 Å². The lowest BCUT2D eigenvalue weighted by molar-refractivity contribution is -0.0314. The van der Waals surface area contributed by atoms with Crippen LogP contribution in [0.4, 0.5) is 0 Å². The molecule has 0 amide bonds. The lowest BCUT2D eigenvalue weighted by atomic mass is 9.90. The fraction of sp³-hybridized carbons (Fsp3) is 1.00. The van der Waals surface area contributed by atoms with Crippen LogP contribution in [0.15, 0.2) is 0 Å². The van der Waals surface area contributed by atoms with E-state index in [1.165, 1.54) is 103 Å². The van der Waals surface area contributed by atoms with Crippen LogP contribution in [0.1, 0.15) is 142 Å². The van der Waals surface area contributed by atoms with Gasteiger partial charge in [-0.3, -0.25) is 0 Å². The summed E-state index contributed by atoms with van der Waals surface area (Å²) in [7, 11) is 0. The molecule has 0 bridgehead atoms. The van der Waals surface area contributed by atoms with Crippen molar-refractivity contribution in [3.8, 4) is 0 Å². The summed E-state index contributed by atoms with van der Waals surface area (Å²) in [4.78, 5) is 0. The van der Waals surface area contributed by atoms with Crippen LogP contribution >= 0.6 is 0 Å². The Morgan fingerprint density at radius 2 is 0.731 bits per heavy atom. The molecule has 0 aromatic heterocycles. The first-order valence-corrected chi connectivity index (χ1v) is 12.0. The Labute approximate surface area is 165 Å². The monoisotopic (exact) mass is 370 g/mol. The molecule has 0 aromatic carbocycles. The van der Waals surface area contributed by atoms with E-state index in [0.717, 1.165) is 25.7 Å². The smallest absolute Gasteiger partial charge is 0.0877 e. The third-order valence-corrected chi connectivity index (χ3v) is 5.79. The molecule has 0 aliphatic carbocycles. The lowest BCUT2D eigenvalue weighted by Gasteiger charge is -2.26. The van der Waals surface area contributed by atoms with Gasteiger partial charge >= 0.3 is 0 Å². The van der Waals surface area contributed by atoms with Crippen molar-refractivity contribution < 1.29 is 10.2 Å². The highest BCUT2D eigenvalue weighted by Crippen LogP contribution is 2.23. The maximum atomic E-state index is 10.6. The average Bonchev–Trinajstić information content (AvgIpc) is 2.65. The van der Waals surface area contributed by atoms with E-state index in [4.69, 9.17) is 0 Å². The zero-order chi connectivity index (χ0) is 19.3. The van der Waals surface area contributed by atoms with Crippen LogP contribution in [0.2, 0.25) is 0 Å². The summed E-state index contributed by atoms with van der Waals surface area (Å²) in [5.74, 6) is 0. The van der Waals surface area contributed by atoms with Gasteiger partial charge in [-0.15, -0.1) is 0 Å². The number of hydrogen-bond acceptors (Lipinski definition) is 2. The van der Waals surface area contributed by atoms with Crippen molar-refractivity contribution in [1.29, 1.82) is 0 Å². The molecule has 1 unspecified atom stereocenters. The van der Waals surface area contributed by atoms with Gasteiger partial charge in [-0.2, -0.15) is 0 Å². The Morgan fingerprint density at radius 3 is 1.00 bits per heavy atom. The highest BCUT2D eigenvalue weighted by molar-refractivity contribution is 4.77. The predicted molar refractivity (Wildman–Crippen MR) is 116 cm³/mol. The molecule has 0 radical (unpaired) electrons. The molecular formula is C24H50O2. The molecule has 0 rings (SSSR count). The number of rotatable bonds is 21. The van der Waals surface area contributed by atoms with Gasteiger partial charge in [-0.25, -0.2) is 0 Å². The summed E-state index contributed by atoms with van der Waals surface area (Å²) in [6.45, 7) is 4.45. The Kier molecular flexibility index (Phi) is 19.6. The van der Waals surface area contributed by atoms with E-state index < -0.39 is 5.60 Å². The third kappa shape index (κ3) is 17.3. The van der Waals surface area contributed by atoms with Crippen LogP contribution in [0.5, 0.6) is 0 Å². The predicted octanol–water partition coefficient (Wildman–Crippen LogP) is 7.55. The van der Waals surface area contributed by atoms with E-state index in [-0.39, 0.29) is 6.61 Å². The van der Waals surface area contributed by atoms with E-state index >= 15 is 0 Å². The topological polar surface area (TPSA) is 40.5 Å². The summed E-state index contributed by atoms with van der Waals surface area (Å²) in [5.41, 5.74) is -0.817. The van der Waals surface area contributed by atoms with Crippen molar-refractivity contribution in [1.82, 2.24) is 0 Å². The summed E-state index contributed by atoms with van der Waals surface area (Å²) in [5, 5.41) is 20.1. The quantitative estimate of drug-likeness (QED) is 0.205. The zero-order valence-corrected chi connectivity index (χ0v) is 18.2. The van der Waals surface area contributed by atoms with Gasteiger partial charge in [0.05, 0.1) is 12.2 Å². The third-order valence-electron chi connectivity index (χ3n) is 5.79. The molecule has 0 aromatic rings. The highest BCUT2D eigenvalue weighted by atomic mass is 16.3.